The first kappa shape index (κ1) is 22.9. The van der Waals surface area contributed by atoms with Crippen molar-refractivity contribution in [3.63, 3.8) is 0 Å². The summed E-state index contributed by atoms with van der Waals surface area (Å²) in [6.45, 7) is 2.00. The zero-order valence-corrected chi connectivity index (χ0v) is 18.3. The number of nitrogens with zero attached hydrogens (tertiary/aromatic N) is 1. The molecule has 2 aromatic carbocycles. The number of hydrogen-bond donors (Lipinski definition) is 3. The Morgan fingerprint density at radius 3 is 2.55 bits per heavy atom. The maximum absolute atomic E-state index is 13.4. The number of hydrogen-bond acceptors (Lipinski definition) is 5. The molecule has 0 aliphatic rings. The van der Waals surface area contributed by atoms with E-state index in [1.54, 1.807) is 24.3 Å². The summed E-state index contributed by atoms with van der Waals surface area (Å²) in [6, 6.07) is 12.0. The molecule has 0 saturated heterocycles. The quantitative estimate of drug-likeness (QED) is 0.419. The van der Waals surface area contributed by atoms with E-state index in [4.69, 9.17) is 4.55 Å². The summed E-state index contributed by atoms with van der Waals surface area (Å²) in [6.07, 6.45) is 1.24. The van der Waals surface area contributed by atoms with Crippen LogP contribution in [0.2, 0.25) is 0 Å². The fourth-order valence-electron chi connectivity index (χ4n) is 3.02. The molecule has 1 unspecified atom stereocenters. The first-order valence-corrected chi connectivity index (χ1v) is 11.9. The number of carbonyl (C=O) groups excluding carboxylic acids is 1. The molecule has 31 heavy (non-hydrogen) atoms. The predicted octanol–water partition coefficient (Wildman–Crippen LogP) is 3.70. The SMILES string of the molecule is CCc1csc(C(Cc2ccc(NS(=O)(=O)O)cc2)NC(=O)Cc2cccc(F)c2)n1. The van der Waals surface area contributed by atoms with Gasteiger partial charge in [0.25, 0.3) is 0 Å². The highest BCUT2D eigenvalue weighted by Gasteiger charge is 2.19. The summed E-state index contributed by atoms with van der Waals surface area (Å²) in [5.74, 6) is -0.651. The molecule has 0 radical (unpaired) electrons. The van der Waals surface area contributed by atoms with Crippen LogP contribution < -0.4 is 10.0 Å². The van der Waals surface area contributed by atoms with Crippen LogP contribution in [0, 0.1) is 5.82 Å². The van der Waals surface area contributed by atoms with Crippen molar-refractivity contribution in [1.82, 2.24) is 10.3 Å². The number of rotatable bonds is 9. The van der Waals surface area contributed by atoms with Crippen LogP contribution in [-0.2, 0) is 34.4 Å². The number of halogens is 1. The average molecular weight is 464 g/mol. The standard InChI is InChI=1S/C21H22FN3O4S2/c1-2-17-13-30-21(23-17)19(24-20(26)12-15-4-3-5-16(22)10-15)11-14-6-8-18(9-7-14)25-31(27,28)29/h3-10,13,19,25H,2,11-12H2,1H3,(H,24,26)(H,27,28,29). The van der Waals surface area contributed by atoms with Gasteiger partial charge in [0, 0.05) is 5.38 Å². The Hall–Kier alpha value is -2.82. The zero-order valence-electron chi connectivity index (χ0n) is 16.7. The Balaban J connectivity index is 1.75. The van der Waals surface area contributed by atoms with E-state index in [9.17, 15) is 17.6 Å². The minimum absolute atomic E-state index is 0.0392. The van der Waals surface area contributed by atoms with Crippen LogP contribution in [0.25, 0.3) is 0 Å². The van der Waals surface area contributed by atoms with Crippen molar-refractivity contribution < 1.29 is 22.2 Å². The lowest BCUT2D eigenvalue weighted by Crippen LogP contribution is -2.31. The molecule has 1 amide bonds. The molecule has 0 fully saturated rings. The summed E-state index contributed by atoms with van der Waals surface area (Å²) in [5.41, 5.74) is 2.56. The third kappa shape index (κ3) is 7.12. The Bertz CT molecular complexity index is 1150. The van der Waals surface area contributed by atoms with Crippen molar-refractivity contribution in [2.24, 2.45) is 0 Å². The summed E-state index contributed by atoms with van der Waals surface area (Å²) in [5, 5.41) is 5.67. The van der Waals surface area contributed by atoms with E-state index in [0.29, 0.717) is 12.0 Å². The summed E-state index contributed by atoms with van der Waals surface area (Å²) in [4.78, 5) is 17.2. The van der Waals surface area contributed by atoms with Gasteiger partial charge in [0.2, 0.25) is 5.91 Å². The highest BCUT2D eigenvalue weighted by molar-refractivity contribution is 7.87. The Morgan fingerprint density at radius 2 is 1.94 bits per heavy atom. The van der Waals surface area contributed by atoms with Gasteiger partial charge in [0.05, 0.1) is 23.8 Å². The minimum atomic E-state index is -4.35. The number of benzene rings is 2. The Morgan fingerprint density at radius 1 is 1.19 bits per heavy atom. The Kier molecular flexibility index (Phi) is 7.37. The van der Waals surface area contributed by atoms with Gasteiger partial charge in [0.1, 0.15) is 10.8 Å². The number of aryl methyl sites for hydroxylation is 1. The molecular weight excluding hydrogens is 441 g/mol. The molecule has 0 aliphatic carbocycles. The van der Waals surface area contributed by atoms with Crippen molar-refractivity contribution in [3.05, 3.63) is 81.6 Å². The average Bonchev–Trinajstić information content (AvgIpc) is 3.17. The van der Waals surface area contributed by atoms with Crippen LogP contribution in [0.5, 0.6) is 0 Å². The van der Waals surface area contributed by atoms with Crippen molar-refractivity contribution in [1.29, 1.82) is 0 Å². The minimum Gasteiger partial charge on any atom is -0.346 e. The highest BCUT2D eigenvalue weighted by atomic mass is 32.2. The number of carbonyl (C=O) groups is 1. The lowest BCUT2D eigenvalue weighted by Gasteiger charge is -2.17. The molecule has 7 nitrogen and oxygen atoms in total. The van der Waals surface area contributed by atoms with E-state index < -0.39 is 22.2 Å². The second kappa shape index (κ2) is 9.99. The third-order valence-electron chi connectivity index (χ3n) is 4.46. The second-order valence-electron chi connectivity index (χ2n) is 6.94. The second-order valence-corrected chi connectivity index (χ2v) is 8.98. The summed E-state index contributed by atoms with van der Waals surface area (Å²) < 4.78 is 46.2. The molecule has 0 spiro atoms. The molecule has 3 rings (SSSR count). The van der Waals surface area contributed by atoms with Crippen LogP contribution in [-0.4, -0.2) is 23.9 Å². The normalized spacial score (nSPS) is 12.4. The monoisotopic (exact) mass is 463 g/mol. The van der Waals surface area contributed by atoms with Crippen LogP contribution in [0.15, 0.2) is 53.9 Å². The van der Waals surface area contributed by atoms with E-state index in [0.717, 1.165) is 22.7 Å². The van der Waals surface area contributed by atoms with Gasteiger partial charge in [-0.3, -0.25) is 14.1 Å². The maximum atomic E-state index is 13.4. The van der Waals surface area contributed by atoms with Crippen LogP contribution in [0.1, 0.15) is 34.8 Å². The molecule has 0 saturated carbocycles. The predicted molar refractivity (Wildman–Crippen MR) is 118 cm³/mol. The fourth-order valence-corrected chi connectivity index (χ4v) is 4.40. The van der Waals surface area contributed by atoms with Gasteiger partial charge >= 0.3 is 10.3 Å². The van der Waals surface area contributed by atoms with Gasteiger partial charge in [-0.15, -0.1) is 11.3 Å². The Labute approximate surface area is 184 Å². The van der Waals surface area contributed by atoms with Crippen molar-refractivity contribution in [2.45, 2.75) is 32.2 Å². The molecule has 1 heterocycles. The van der Waals surface area contributed by atoms with Crippen molar-refractivity contribution >= 4 is 33.2 Å². The lowest BCUT2D eigenvalue weighted by atomic mass is 10.0. The molecule has 10 heteroatoms. The van der Waals surface area contributed by atoms with E-state index in [1.807, 2.05) is 17.0 Å². The number of anilines is 1. The first-order chi connectivity index (χ1) is 14.7. The largest absolute Gasteiger partial charge is 0.357 e. The third-order valence-corrected chi connectivity index (χ3v) is 5.96. The molecule has 1 aromatic heterocycles. The molecular formula is C21H22FN3O4S2. The first-order valence-electron chi connectivity index (χ1n) is 9.54. The van der Waals surface area contributed by atoms with Crippen LogP contribution >= 0.6 is 11.3 Å². The topological polar surface area (TPSA) is 108 Å². The number of amides is 1. The fraction of sp³-hybridized carbons (Fsp3) is 0.238. The van der Waals surface area contributed by atoms with E-state index in [1.165, 1.54) is 35.6 Å². The van der Waals surface area contributed by atoms with Crippen molar-refractivity contribution in [2.75, 3.05) is 4.72 Å². The van der Waals surface area contributed by atoms with Gasteiger partial charge in [-0.1, -0.05) is 31.2 Å². The maximum Gasteiger partial charge on any atom is 0.357 e. The smallest absolute Gasteiger partial charge is 0.346 e. The summed E-state index contributed by atoms with van der Waals surface area (Å²) >= 11 is 1.45. The number of nitrogens with one attached hydrogen (secondary N) is 2. The lowest BCUT2D eigenvalue weighted by molar-refractivity contribution is -0.121. The van der Waals surface area contributed by atoms with Crippen LogP contribution in [0.4, 0.5) is 10.1 Å². The van der Waals surface area contributed by atoms with Gasteiger partial charge in [-0.05, 0) is 48.2 Å². The van der Waals surface area contributed by atoms with E-state index in [-0.39, 0.29) is 18.0 Å². The zero-order chi connectivity index (χ0) is 22.4. The van der Waals surface area contributed by atoms with Gasteiger partial charge in [-0.2, -0.15) is 8.42 Å². The van der Waals surface area contributed by atoms with Gasteiger partial charge in [-0.25, -0.2) is 9.37 Å². The number of aromatic nitrogens is 1. The van der Waals surface area contributed by atoms with E-state index >= 15 is 0 Å². The molecule has 0 bridgehead atoms. The van der Waals surface area contributed by atoms with Crippen LogP contribution in [0.3, 0.4) is 0 Å². The molecule has 1 atom stereocenters. The van der Waals surface area contributed by atoms with E-state index in [2.05, 4.69) is 10.3 Å². The van der Waals surface area contributed by atoms with Gasteiger partial charge in [0.15, 0.2) is 0 Å². The summed E-state index contributed by atoms with van der Waals surface area (Å²) in [7, 11) is -4.35. The number of thiazole rings is 1. The molecule has 0 aliphatic heterocycles. The molecule has 3 N–H and O–H groups in total. The molecule has 3 aromatic rings. The molecule has 164 valence electrons. The highest BCUT2D eigenvalue weighted by Crippen LogP contribution is 2.24. The van der Waals surface area contributed by atoms with Crippen molar-refractivity contribution in [3.8, 4) is 0 Å². The van der Waals surface area contributed by atoms with Gasteiger partial charge < -0.3 is 5.32 Å².